The number of hydrogen-bond donors (Lipinski definition) is 2. The number of carbonyl (C=O) groups is 3. The number of rotatable bonds is 4. The first kappa shape index (κ1) is 19.6. The molecule has 1 heterocycles. The van der Waals surface area contributed by atoms with E-state index < -0.39 is 0 Å². The maximum absolute atomic E-state index is 12.7. The molecule has 0 radical (unpaired) electrons. The Morgan fingerprint density at radius 1 is 1.00 bits per heavy atom. The number of likely N-dealkylation sites (tertiary alicyclic amines) is 1. The molecule has 1 aliphatic heterocycles. The molecule has 6 heteroatoms. The number of nitrogens with zero attached hydrogens (tertiary/aromatic N) is 1. The molecule has 28 heavy (non-hydrogen) atoms. The Hall–Kier alpha value is -3.15. The third-order valence-electron chi connectivity index (χ3n) is 4.94. The van der Waals surface area contributed by atoms with Gasteiger partial charge < -0.3 is 15.5 Å². The summed E-state index contributed by atoms with van der Waals surface area (Å²) >= 11 is 0. The molecular formula is C22H25N3O3. The number of benzene rings is 2. The normalized spacial score (nSPS) is 14.4. The molecule has 0 unspecified atom stereocenters. The van der Waals surface area contributed by atoms with E-state index >= 15 is 0 Å². The standard InChI is InChI=1S/C22H25N3O3/c1-15-6-3-4-9-20(15)22(28)25-12-10-18(11-13-25)24-21(27)17-7-5-8-19(14-17)23-16(2)26/h3-9,14,18H,10-13H2,1-2H3,(H,23,26)(H,24,27). The number of hydrogen-bond acceptors (Lipinski definition) is 3. The van der Waals surface area contributed by atoms with Crippen molar-refractivity contribution in [3.8, 4) is 0 Å². The molecule has 1 fully saturated rings. The summed E-state index contributed by atoms with van der Waals surface area (Å²) in [6.45, 7) is 4.60. The third kappa shape index (κ3) is 4.76. The average molecular weight is 379 g/mol. The van der Waals surface area contributed by atoms with E-state index in [2.05, 4.69) is 10.6 Å². The van der Waals surface area contributed by atoms with Gasteiger partial charge in [-0.2, -0.15) is 0 Å². The minimum Gasteiger partial charge on any atom is -0.349 e. The van der Waals surface area contributed by atoms with E-state index in [1.807, 2.05) is 36.1 Å². The fourth-order valence-corrected chi connectivity index (χ4v) is 3.42. The van der Waals surface area contributed by atoms with E-state index in [0.717, 1.165) is 24.0 Å². The first-order valence-electron chi connectivity index (χ1n) is 9.47. The minimum absolute atomic E-state index is 0.0258. The van der Waals surface area contributed by atoms with Gasteiger partial charge in [-0.15, -0.1) is 0 Å². The SMILES string of the molecule is CC(=O)Nc1cccc(C(=O)NC2CCN(C(=O)c3ccccc3C)CC2)c1. The highest BCUT2D eigenvalue weighted by Gasteiger charge is 2.25. The van der Waals surface area contributed by atoms with Gasteiger partial charge >= 0.3 is 0 Å². The van der Waals surface area contributed by atoms with Crippen LogP contribution in [-0.2, 0) is 4.79 Å². The molecule has 146 valence electrons. The van der Waals surface area contributed by atoms with Crippen molar-refractivity contribution in [2.24, 2.45) is 0 Å². The molecule has 2 aromatic carbocycles. The second-order valence-corrected chi connectivity index (χ2v) is 7.12. The molecule has 0 atom stereocenters. The van der Waals surface area contributed by atoms with Crippen molar-refractivity contribution in [1.82, 2.24) is 10.2 Å². The van der Waals surface area contributed by atoms with Gasteiger partial charge in [0.2, 0.25) is 5.91 Å². The first-order chi connectivity index (χ1) is 13.4. The van der Waals surface area contributed by atoms with E-state index in [4.69, 9.17) is 0 Å². The van der Waals surface area contributed by atoms with Crippen molar-refractivity contribution in [3.63, 3.8) is 0 Å². The summed E-state index contributed by atoms with van der Waals surface area (Å²) < 4.78 is 0. The molecule has 0 saturated carbocycles. The van der Waals surface area contributed by atoms with E-state index in [1.165, 1.54) is 6.92 Å². The highest BCUT2D eigenvalue weighted by Crippen LogP contribution is 2.17. The molecule has 0 aliphatic carbocycles. The van der Waals surface area contributed by atoms with Crippen molar-refractivity contribution in [3.05, 3.63) is 65.2 Å². The zero-order chi connectivity index (χ0) is 20.1. The molecule has 2 N–H and O–H groups in total. The molecule has 2 aromatic rings. The summed E-state index contributed by atoms with van der Waals surface area (Å²) in [4.78, 5) is 38.3. The second kappa shape index (κ2) is 8.69. The number of nitrogens with one attached hydrogen (secondary N) is 2. The van der Waals surface area contributed by atoms with Gasteiger partial charge in [-0.05, 0) is 49.6 Å². The Kier molecular flexibility index (Phi) is 6.09. The van der Waals surface area contributed by atoms with E-state index in [0.29, 0.717) is 24.3 Å². The fourth-order valence-electron chi connectivity index (χ4n) is 3.42. The van der Waals surface area contributed by atoms with Crippen LogP contribution >= 0.6 is 0 Å². The second-order valence-electron chi connectivity index (χ2n) is 7.12. The van der Waals surface area contributed by atoms with Crippen LogP contribution < -0.4 is 10.6 Å². The Bertz CT molecular complexity index is 886. The maximum Gasteiger partial charge on any atom is 0.254 e. The molecule has 3 rings (SSSR count). The van der Waals surface area contributed by atoms with Gasteiger partial charge in [0.25, 0.3) is 11.8 Å². The van der Waals surface area contributed by atoms with Crippen LogP contribution in [0.5, 0.6) is 0 Å². The van der Waals surface area contributed by atoms with E-state index in [9.17, 15) is 14.4 Å². The number of amides is 3. The molecule has 1 saturated heterocycles. The van der Waals surface area contributed by atoms with Crippen molar-refractivity contribution >= 4 is 23.4 Å². The van der Waals surface area contributed by atoms with Gasteiger partial charge in [-0.25, -0.2) is 0 Å². The maximum atomic E-state index is 12.7. The van der Waals surface area contributed by atoms with Crippen molar-refractivity contribution in [1.29, 1.82) is 0 Å². The molecule has 6 nitrogen and oxygen atoms in total. The summed E-state index contributed by atoms with van der Waals surface area (Å²) in [7, 11) is 0. The molecule has 3 amide bonds. The number of anilines is 1. The van der Waals surface area contributed by atoms with Gasteiger partial charge in [0.1, 0.15) is 0 Å². The predicted octanol–water partition coefficient (Wildman–Crippen LogP) is 2.99. The van der Waals surface area contributed by atoms with Crippen LogP contribution in [0, 0.1) is 6.92 Å². The van der Waals surface area contributed by atoms with Crippen LogP contribution in [-0.4, -0.2) is 41.8 Å². The lowest BCUT2D eigenvalue weighted by molar-refractivity contribution is -0.114. The van der Waals surface area contributed by atoms with E-state index in [-0.39, 0.29) is 23.8 Å². The van der Waals surface area contributed by atoms with Gasteiger partial charge in [-0.1, -0.05) is 24.3 Å². The third-order valence-corrected chi connectivity index (χ3v) is 4.94. The van der Waals surface area contributed by atoms with Crippen LogP contribution in [0.15, 0.2) is 48.5 Å². The van der Waals surface area contributed by atoms with E-state index in [1.54, 1.807) is 24.3 Å². The van der Waals surface area contributed by atoms with Gasteiger partial charge in [0.05, 0.1) is 0 Å². The lowest BCUT2D eigenvalue weighted by Crippen LogP contribution is -2.46. The quantitative estimate of drug-likeness (QED) is 0.857. The highest BCUT2D eigenvalue weighted by atomic mass is 16.2. The van der Waals surface area contributed by atoms with Crippen LogP contribution in [0.2, 0.25) is 0 Å². The summed E-state index contributed by atoms with van der Waals surface area (Å²) in [6, 6.07) is 14.5. The Morgan fingerprint density at radius 2 is 1.71 bits per heavy atom. The summed E-state index contributed by atoms with van der Waals surface area (Å²) in [5.74, 6) is -0.301. The van der Waals surface area contributed by atoms with Gasteiger partial charge in [0, 0.05) is 42.9 Å². The number of carbonyl (C=O) groups excluding carboxylic acids is 3. The zero-order valence-corrected chi connectivity index (χ0v) is 16.2. The highest BCUT2D eigenvalue weighted by molar-refractivity contribution is 5.97. The summed E-state index contributed by atoms with van der Waals surface area (Å²) in [5.41, 5.74) is 2.81. The zero-order valence-electron chi connectivity index (χ0n) is 16.2. The van der Waals surface area contributed by atoms with Crippen molar-refractivity contribution in [2.75, 3.05) is 18.4 Å². The van der Waals surface area contributed by atoms with Gasteiger partial charge in [-0.3, -0.25) is 14.4 Å². The van der Waals surface area contributed by atoms with Crippen LogP contribution in [0.1, 0.15) is 46.0 Å². The van der Waals surface area contributed by atoms with Crippen LogP contribution in [0.25, 0.3) is 0 Å². The average Bonchev–Trinajstić information content (AvgIpc) is 2.68. The minimum atomic E-state index is -0.178. The Balaban J connectivity index is 1.55. The van der Waals surface area contributed by atoms with Crippen molar-refractivity contribution in [2.45, 2.75) is 32.7 Å². The molecule has 0 spiro atoms. The molecule has 0 aromatic heterocycles. The van der Waals surface area contributed by atoms with Gasteiger partial charge in [0.15, 0.2) is 0 Å². The largest absolute Gasteiger partial charge is 0.349 e. The summed E-state index contributed by atoms with van der Waals surface area (Å²) in [5, 5.41) is 5.72. The Labute approximate surface area is 164 Å². The lowest BCUT2D eigenvalue weighted by Gasteiger charge is -2.32. The number of aryl methyl sites for hydroxylation is 1. The topological polar surface area (TPSA) is 78.5 Å². The number of piperidine rings is 1. The first-order valence-corrected chi connectivity index (χ1v) is 9.47. The summed E-state index contributed by atoms with van der Waals surface area (Å²) in [6.07, 6.45) is 1.43. The predicted molar refractivity (Wildman–Crippen MR) is 108 cm³/mol. The molecular weight excluding hydrogens is 354 g/mol. The molecule has 0 bridgehead atoms. The smallest absolute Gasteiger partial charge is 0.254 e. The lowest BCUT2D eigenvalue weighted by atomic mass is 10.0. The Morgan fingerprint density at radius 3 is 2.39 bits per heavy atom. The van der Waals surface area contributed by atoms with Crippen LogP contribution in [0.4, 0.5) is 5.69 Å². The fraction of sp³-hybridized carbons (Fsp3) is 0.318. The molecule has 1 aliphatic rings. The monoisotopic (exact) mass is 379 g/mol. The van der Waals surface area contributed by atoms with Crippen molar-refractivity contribution < 1.29 is 14.4 Å². The van der Waals surface area contributed by atoms with Crippen LogP contribution in [0.3, 0.4) is 0 Å².